The molecule has 0 bridgehead atoms. The van der Waals surface area contributed by atoms with Crippen LogP contribution in [0.1, 0.15) is 61.2 Å². The van der Waals surface area contributed by atoms with Crippen LogP contribution in [-0.4, -0.2) is 27.6 Å². The SMILES string of the molecule is C.Cc1cc2c(s1)C1(CC(c3cn(C)nn3)NC(C(C)C)C1)OCC2. The molecule has 4 heterocycles. The Morgan fingerprint density at radius 2 is 2.20 bits per heavy atom. The molecule has 0 radical (unpaired) electrons. The molecule has 2 aromatic rings. The van der Waals surface area contributed by atoms with Gasteiger partial charge in [-0.2, -0.15) is 0 Å². The third-order valence-electron chi connectivity index (χ3n) is 5.38. The van der Waals surface area contributed by atoms with Gasteiger partial charge in [-0.05, 0) is 37.3 Å². The van der Waals surface area contributed by atoms with Gasteiger partial charge in [-0.25, -0.2) is 0 Å². The molecular weight excluding hydrogens is 332 g/mol. The Labute approximate surface area is 154 Å². The zero-order chi connectivity index (χ0) is 16.9. The molecule has 3 unspecified atom stereocenters. The third-order valence-corrected chi connectivity index (χ3v) is 6.65. The fourth-order valence-corrected chi connectivity index (χ4v) is 5.38. The largest absolute Gasteiger partial charge is 0.369 e. The van der Waals surface area contributed by atoms with Gasteiger partial charge in [0.1, 0.15) is 5.60 Å². The van der Waals surface area contributed by atoms with Gasteiger partial charge < -0.3 is 10.1 Å². The molecule has 4 rings (SSSR count). The lowest BCUT2D eigenvalue weighted by atomic mass is 9.76. The van der Waals surface area contributed by atoms with Gasteiger partial charge in [0.25, 0.3) is 0 Å². The number of fused-ring (bicyclic) bond motifs is 2. The summed E-state index contributed by atoms with van der Waals surface area (Å²) in [7, 11) is 1.92. The summed E-state index contributed by atoms with van der Waals surface area (Å²) >= 11 is 1.92. The Morgan fingerprint density at radius 3 is 2.88 bits per heavy atom. The van der Waals surface area contributed by atoms with E-state index >= 15 is 0 Å². The number of nitrogens with one attached hydrogen (secondary N) is 1. The second kappa shape index (κ2) is 6.82. The van der Waals surface area contributed by atoms with Gasteiger partial charge in [0.2, 0.25) is 0 Å². The molecule has 2 aliphatic rings. The molecular formula is C19H30N4OS. The van der Waals surface area contributed by atoms with Crippen LogP contribution in [0.2, 0.25) is 0 Å². The summed E-state index contributed by atoms with van der Waals surface area (Å²) < 4.78 is 8.28. The molecule has 1 fully saturated rings. The van der Waals surface area contributed by atoms with Crippen LogP contribution < -0.4 is 5.32 Å². The average Bonchev–Trinajstić information content (AvgIpc) is 3.13. The van der Waals surface area contributed by atoms with E-state index in [2.05, 4.69) is 42.5 Å². The first-order chi connectivity index (χ1) is 11.5. The quantitative estimate of drug-likeness (QED) is 0.884. The van der Waals surface area contributed by atoms with Crippen LogP contribution in [0.4, 0.5) is 0 Å². The van der Waals surface area contributed by atoms with Crippen LogP contribution in [-0.2, 0) is 23.8 Å². The van der Waals surface area contributed by atoms with Crippen LogP contribution >= 0.6 is 11.3 Å². The highest BCUT2D eigenvalue weighted by atomic mass is 32.1. The predicted octanol–water partition coefficient (Wildman–Crippen LogP) is 3.74. The van der Waals surface area contributed by atoms with Crippen molar-refractivity contribution in [3.63, 3.8) is 0 Å². The molecule has 3 atom stereocenters. The van der Waals surface area contributed by atoms with Crippen LogP contribution in [0.5, 0.6) is 0 Å². The Kier molecular flexibility index (Phi) is 5.06. The number of hydrogen-bond acceptors (Lipinski definition) is 5. The summed E-state index contributed by atoms with van der Waals surface area (Å²) in [6, 6.07) is 2.96. The molecule has 1 spiro atoms. The minimum absolute atomic E-state index is 0. The van der Waals surface area contributed by atoms with Crippen molar-refractivity contribution in [1.29, 1.82) is 0 Å². The van der Waals surface area contributed by atoms with Gasteiger partial charge in [-0.3, -0.25) is 4.68 Å². The zero-order valence-corrected chi connectivity index (χ0v) is 15.7. The monoisotopic (exact) mass is 362 g/mol. The maximum Gasteiger partial charge on any atom is 0.106 e. The number of nitrogens with zero attached hydrogens (tertiary/aromatic N) is 3. The van der Waals surface area contributed by atoms with Crippen molar-refractivity contribution in [2.75, 3.05) is 6.61 Å². The minimum atomic E-state index is -0.172. The number of ether oxygens (including phenoxy) is 1. The van der Waals surface area contributed by atoms with E-state index in [0.717, 1.165) is 31.6 Å². The lowest BCUT2D eigenvalue weighted by molar-refractivity contribution is -0.101. The van der Waals surface area contributed by atoms with Crippen molar-refractivity contribution in [3.8, 4) is 0 Å². The molecule has 0 aliphatic carbocycles. The highest BCUT2D eigenvalue weighted by molar-refractivity contribution is 7.12. The van der Waals surface area contributed by atoms with Gasteiger partial charge in [-0.1, -0.05) is 26.5 Å². The number of rotatable bonds is 2. The van der Waals surface area contributed by atoms with E-state index in [0.29, 0.717) is 12.0 Å². The third kappa shape index (κ3) is 3.27. The first kappa shape index (κ1) is 18.5. The van der Waals surface area contributed by atoms with Crippen molar-refractivity contribution in [2.45, 2.75) is 65.1 Å². The first-order valence-corrected chi connectivity index (χ1v) is 9.64. The first-order valence-electron chi connectivity index (χ1n) is 8.83. The normalized spacial score (nSPS) is 28.8. The van der Waals surface area contributed by atoms with E-state index in [1.165, 1.54) is 15.3 Å². The van der Waals surface area contributed by atoms with E-state index in [9.17, 15) is 0 Å². The van der Waals surface area contributed by atoms with Gasteiger partial charge in [0, 0.05) is 35.5 Å². The molecule has 6 heteroatoms. The molecule has 0 saturated carbocycles. The zero-order valence-electron chi connectivity index (χ0n) is 14.9. The highest BCUT2D eigenvalue weighted by Gasteiger charge is 2.47. The van der Waals surface area contributed by atoms with E-state index in [-0.39, 0.29) is 19.1 Å². The molecule has 0 aromatic carbocycles. The molecule has 2 aromatic heterocycles. The van der Waals surface area contributed by atoms with Crippen LogP contribution in [0.25, 0.3) is 0 Å². The summed E-state index contributed by atoms with van der Waals surface area (Å²) in [6.07, 6.45) is 5.03. The Bertz CT molecular complexity index is 738. The number of aromatic nitrogens is 3. The number of piperidine rings is 1. The molecule has 25 heavy (non-hydrogen) atoms. The summed E-state index contributed by atoms with van der Waals surface area (Å²) in [6.45, 7) is 7.60. The summed E-state index contributed by atoms with van der Waals surface area (Å²) in [4.78, 5) is 2.84. The molecule has 1 N–H and O–H groups in total. The lowest BCUT2D eigenvalue weighted by Crippen LogP contribution is -2.52. The number of hydrogen-bond donors (Lipinski definition) is 1. The average molecular weight is 363 g/mol. The molecule has 1 saturated heterocycles. The van der Waals surface area contributed by atoms with Crippen molar-refractivity contribution in [3.05, 3.63) is 33.3 Å². The van der Waals surface area contributed by atoms with Gasteiger partial charge in [0.15, 0.2) is 0 Å². The predicted molar refractivity (Wildman–Crippen MR) is 102 cm³/mol. The summed E-state index contributed by atoms with van der Waals surface area (Å²) in [5.74, 6) is 0.552. The second-order valence-corrected chi connectivity index (χ2v) is 8.86. The maximum absolute atomic E-state index is 6.50. The highest BCUT2D eigenvalue weighted by Crippen LogP contribution is 2.49. The Hall–Kier alpha value is -1.24. The fourth-order valence-electron chi connectivity index (χ4n) is 4.15. The van der Waals surface area contributed by atoms with Gasteiger partial charge in [0.05, 0.1) is 18.3 Å². The van der Waals surface area contributed by atoms with E-state index < -0.39 is 0 Å². The molecule has 5 nitrogen and oxygen atoms in total. The van der Waals surface area contributed by atoms with Crippen molar-refractivity contribution in [1.82, 2.24) is 20.3 Å². The van der Waals surface area contributed by atoms with Gasteiger partial charge >= 0.3 is 0 Å². The van der Waals surface area contributed by atoms with E-state index in [1.54, 1.807) is 4.68 Å². The van der Waals surface area contributed by atoms with Crippen LogP contribution in [0, 0.1) is 12.8 Å². The molecule has 0 amide bonds. The standard InChI is InChI=1S/C18H26N4OS.CH4/c1-11(2)14-8-18(9-15(19-14)16-10-22(4)21-20-16)17-13(5-6-23-18)7-12(3)24-17;/h7,10-11,14-15,19H,5-6,8-9H2,1-4H3;1H4. The topological polar surface area (TPSA) is 52.0 Å². The van der Waals surface area contributed by atoms with Crippen LogP contribution in [0.15, 0.2) is 12.3 Å². The van der Waals surface area contributed by atoms with E-state index in [1.807, 2.05) is 24.6 Å². The van der Waals surface area contributed by atoms with E-state index in [4.69, 9.17) is 4.74 Å². The summed E-state index contributed by atoms with van der Waals surface area (Å²) in [5, 5.41) is 12.3. The molecule has 138 valence electrons. The van der Waals surface area contributed by atoms with Crippen molar-refractivity contribution >= 4 is 11.3 Å². The van der Waals surface area contributed by atoms with Gasteiger partial charge in [-0.15, -0.1) is 16.4 Å². The lowest BCUT2D eigenvalue weighted by Gasteiger charge is -2.47. The number of aryl methyl sites for hydroxylation is 2. The summed E-state index contributed by atoms with van der Waals surface area (Å²) in [5.41, 5.74) is 2.34. The van der Waals surface area contributed by atoms with Crippen LogP contribution in [0.3, 0.4) is 0 Å². The Balaban J connectivity index is 0.00000182. The maximum atomic E-state index is 6.50. The molecule has 2 aliphatic heterocycles. The number of thiophene rings is 1. The minimum Gasteiger partial charge on any atom is -0.369 e. The smallest absolute Gasteiger partial charge is 0.106 e. The van der Waals surface area contributed by atoms with Crippen molar-refractivity contribution in [2.24, 2.45) is 13.0 Å². The fraction of sp³-hybridized carbons (Fsp3) is 0.684. The van der Waals surface area contributed by atoms with Crippen molar-refractivity contribution < 1.29 is 4.74 Å². The second-order valence-electron chi connectivity index (χ2n) is 7.60. The Morgan fingerprint density at radius 1 is 1.40 bits per heavy atom.